The zero-order valence-electron chi connectivity index (χ0n) is 10.6. The Kier molecular flexibility index (Phi) is 3.81. The van der Waals surface area contributed by atoms with Crippen LogP contribution in [0.2, 0.25) is 0 Å². The molecule has 1 aliphatic heterocycles. The van der Waals surface area contributed by atoms with Gasteiger partial charge in [0, 0.05) is 20.0 Å². The molecule has 98 valence electrons. The van der Waals surface area contributed by atoms with Crippen LogP contribution in [0, 0.1) is 11.3 Å². The molecular weight excluding hydrogens is 244 g/mol. The lowest BCUT2D eigenvalue weighted by Gasteiger charge is -2.27. The summed E-state index contributed by atoms with van der Waals surface area (Å²) < 4.78 is 5.16. The number of cyclic esters (lactones) is 1. The minimum atomic E-state index is -0.786. The van der Waals surface area contributed by atoms with Crippen molar-refractivity contribution in [1.29, 1.82) is 5.26 Å². The Bertz CT molecular complexity index is 548. The van der Waals surface area contributed by atoms with Gasteiger partial charge >= 0.3 is 5.97 Å². The van der Waals surface area contributed by atoms with Crippen molar-refractivity contribution in [2.45, 2.75) is 18.9 Å². The number of carbonyl (C=O) groups is 2. The predicted octanol–water partition coefficient (Wildman–Crippen LogP) is 1.14. The first-order valence-electron chi connectivity index (χ1n) is 6.04. The summed E-state index contributed by atoms with van der Waals surface area (Å²) in [5, 5.41) is 8.51. The van der Waals surface area contributed by atoms with E-state index in [4.69, 9.17) is 10.00 Å². The van der Waals surface area contributed by atoms with Crippen LogP contribution in [0.4, 0.5) is 0 Å². The third-order valence-electron chi connectivity index (χ3n) is 3.10. The Hall–Kier alpha value is -2.35. The summed E-state index contributed by atoms with van der Waals surface area (Å²) in [5.74, 6) is -0.730. The minimum absolute atomic E-state index is 0.263. The van der Waals surface area contributed by atoms with Crippen LogP contribution in [-0.2, 0) is 16.0 Å². The van der Waals surface area contributed by atoms with Crippen LogP contribution in [0.5, 0.6) is 0 Å². The van der Waals surface area contributed by atoms with Gasteiger partial charge in [0.05, 0.1) is 18.1 Å². The number of ether oxygens (including phenoxy) is 1. The molecule has 1 unspecified atom stereocenters. The average molecular weight is 258 g/mol. The van der Waals surface area contributed by atoms with Gasteiger partial charge in [-0.05, 0) is 11.6 Å². The lowest BCUT2D eigenvalue weighted by Crippen LogP contribution is -2.43. The number of likely N-dealkylation sites (N-methyl/N-ethyl adjacent to an activating group) is 1. The molecule has 1 amide bonds. The highest BCUT2D eigenvalue weighted by molar-refractivity contribution is 5.95. The van der Waals surface area contributed by atoms with E-state index in [2.05, 4.69) is 0 Å². The maximum atomic E-state index is 12.1. The molecular formula is C14H14N2O3. The van der Waals surface area contributed by atoms with Gasteiger partial charge in [0.2, 0.25) is 0 Å². The Morgan fingerprint density at radius 1 is 1.53 bits per heavy atom. The molecule has 0 saturated heterocycles. The summed E-state index contributed by atoms with van der Waals surface area (Å²) >= 11 is 0. The maximum Gasteiger partial charge on any atom is 0.339 e. The number of carbonyl (C=O) groups excluding carboxylic acids is 2. The van der Waals surface area contributed by atoms with Gasteiger partial charge in [0.25, 0.3) is 5.91 Å². The van der Waals surface area contributed by atoms with E-state index in [-0.39, 0.29) is 12.3 Å². The molecule has 1 aromatic rings. The van der Waals surface area contributed by atoms with E-state index in [0.29, 0.717) is 18.5 Å². The first-order valence-corrected chi connectivity index (χ1v) is 6.04. The molecule has 0 aliphatic carbocycles. The van der Waals surface area contributed by atoms with Gasteiger partial charge in [-0.15, -0.1) is 0 Å². The molecule has 1 heterocycles. The summed E-state index contributed by atoms with van der Waals surface area (Å²) in [6.45, 7) is 0.338. The Morgan fingerprint density at radius 3 is 3.00 bits per heavy atom. The number of fused-ring (bicyclic) bond motifs is 1. The highest BCUT2D eigenvalue weighted by Gasteiger charge is 2.32. The largest absolute Gasteiger partial charge is 0.448 e. The molecule has 5 heteroatoms. The molecule has 1 aliphatic rings. The van der Waals surface area contributed by atoms with Crippen LogP contribution in [-0.4, -0.2) is 36.5 Å². The van der Waals surface area contributed by atoms with Crippen molar-refractivity contribution < 1.29 is 14.3 Å². The smallest absolute Gasteiger partial charge is 0.339 e. The number of amides is 1. The number of hydrogen-bond donors (Lipinski definition) is 0. The molecule has 0 fully saturated rings. The lowest BCUT2D eigenvalue weighted by molar-refractivity contribution is -0.139. The van der Waals surface area contributed by atoms with Crippen molar-refractivity contribution in [3.63, 3.8) is 0 Å². The van der Waals surface area contributed by atoms with Gasteiger partial charge in [-0.25, -0.2) is 4.79 Å². The van der Waals surface area contributed by atoms with Crippen LogP contribution in [0.1, 0.15) is 22.3 Å². The number of hydrogen-bond acceptors (Lipinski definition) is 4. The second-order valence-electron chi connectivity index (χ2n) is 4.42. The van der Waals surface area contributed by atoms with E-state index in [1.165, 1.54) is 4.90 Å². The van der Waals surface area contributed by atoms with Crippen molar-refractivity contribution in [2.75, 3.05) is 13.6 Å². The first-order chi connectivity index (χ1) is 9.13. The third kappa shape index (κ3) is 2.74. The second kappa shape index (κ2) is 5.53. The van der Waals surface area contributed by atoms with Crippen LogP contribution < -0.4 is 0 Å². The molecule has 5 nitrogen and oxygen atoms in total. The highest BCUT2D eigenvalue weighted by Crippen LogP contribution is 2.21. The Balaban J connectivity index is 2.11. The molecule has 0 saturated carbocycles. The molecule has 1 atom stereocenters. The van der Waals surface area contributed by atoms with Crippen LogP contribution in [0.3, 0.4) is 0 Å². The SMILES string of the molecule is CN(CCC#N)C(=O)C1Cc2ccccc2C(=O)O1. The summed E-state index contributed by atoms with van der Waals surface area (Å²) in [6, 6.07) is 9.09. The van der Waals surface area contributed by atoms with E-state index in [1.54, 1.807) is 19.2 Å². The van der Waals surface area contributed by atoms with E-state index in [0.717, 1.165) is 5.56 Å². The number of nitriles is 1. The van der Waals surface area contributed by atoms with Gasteiger partial charge < -0.3 is 9.64 Å². The molecule has 19 heavy (non-hydrogen) atoms. The topological polar surface area (TPSA) is 70.4 Å². The quantitative estimate of drug-likeness (QED) is 0.762. The van der Waals surface area contributed by atoms with E-state index in [1.807, 2.05) is 18.2 Å². The zero-order valence-corrected chi connectivity index (χ0v) is 10.6. The summed E-state index contributed by atoms with van der Waals surface area (Å²) in [5.41, 5.74) is 1.34. The van der Waals surface area contributed by atoms with E-state index >= 15 is 0 Å². The second-order valence-corrected chi connectivity index (χ2v) is 4.42. The van der Waals surface area contributed by atoms with Crippen LogP contribution in [0.15, 0.2) is 24.3 Å². The van der Waals surface area contributed by atoms with Crippen molar-refractivity contribution in [1.82, 2.24) is 4.90 Å². The predicted molar refractivity (Wildman–Crippen MR) is 67.2 cm³/mol. The number of esters is 1. The minimum Gasteiger partial charge on any atom is -0.448 e. The molecule has 0 radical (unpaired) electrons. The normalized spacial score (nSPS) is 17.1. The van der Waals surface area contributed by atoms with E-state index < -0.39 is 12.1 Å². The van der Waals surface area contributed by atoms with Gasteiger partial charge in [-0.1, -0.05) is 18.2 Å². The zero-order chi connectivity index (χ0) is 13.8. The molecule has 0 bridgehead atoms. The molecule has 1 aromatic carbocycles. The molecule has 0 spiro atoms. The number of rotatable bonds is 3. The summed E-state index contributed by atoms with van der Waals surface area (Å²) in [4.78, 5) is 25.3. The Labute approximate surface area is 111 Å². The Morgan fingerprint density at radius 2 is 2.26 bits per heavy atom. The fourth-order valence-corrected chi connectivity index (χ4v) is 2.04. The van der Waals surface area contributed by atoms with Crippen molar-refractivity contribution in [2.24, 2.45) is 0 Å². The summed E-state index contributed by atoms with van der Waals surface area (Å²) in [6.07, 6.45) is -0.136. The van der Waals surface area contributed by atoms with Gasteiger partial charge in [0.15, 0.2) is 6.10 Å². The standard InChI is InChI=1S/C14H14N2O3/c1-16(8-4-7-15)13(17)12-9-10-5-2-3-6-11(10)14(18)19-12/h2-3,5-6,12H,4,8-9H2,1H3. The lowest BCUT2D eigenvalue weighted by atomic mass is 9.98. The van der Waals surface area contributed by atoms with Crippen LogP contribution >= 0.6 is 0 Å². The van der Waals surface area contributed by atoms with Crippen LogP contribution in [0.25, 0.3) is 0 Å². The van der Waals surface area contributed by atoms with E-state index in [9.17, 15) is 9.59 Å². The van der Waals surface area contributed by atoms with Gasteiger partial charge in [0.1, 0.15) is 0 Å². The fourth-order valence-electron chi connectivity index (χ4n) is 2.04. The van der Waals surface area contributed by atoms with Crippen molar-refractivity contribution >= 4 is 11.9 Å². The molecule has 0 aromatic heterocycles. The van der Waals surface area contributed by atoms with Crippen molar-refractivity contribution in [3.05, 3.63) is 35.4 Å². The monoisotopic (exact) mass is 258 g/mol. The number of nitrogens with zero attached hydrogens (tertiary/aromatic N) is 2. The van der Waals surface area contributed by atoms with Gasteiger partial charge in [-0.2, -0.15) is 5.26 Å². The fraction of sp³-hybridized carbons (Fsp3) is 0.357. The highest BCUT2D eigenvalue weighted by atomic mass is 16.5. The molecule has 0 N–H and O–H groups in total. The average Bonchev–Trinajstić information content (AvgIpc) is 2.43. The summed E-state index contributed by atoms with van der Waals surface area (Å²) in [7, 11) is 1.61. The third-order valence-corrected chi connectivity index (χ3v) is 3.10. The van der Waals surface area contributed by atoms with Crippen molar-refractivity contribution in [3.8, 4) is 6.07 Å². The maximum absolute atomic E-state index is 12.1. The number of benzene rings is 1. The molecule has 2 rings (SSSR count). The van der Waals surface area contributed by atoms with Gasteiger partial charge in [-0.3, -0.25) is 4.79 Å². The first kappa shape index (κ1) is 13.1.